The molecule has 13 heavy (non-hydrogen) atoms. The summed E-state index contributed by atoms with van der Waals surface area (Å²) in [7, 11) is -1.70. The molecule has 2 nitrogen and oxygen atoms in total. The molecule has 0 saturated heterocycles. The molecule has 0 saturated carbocycles. The van der Waals surface area contributed by atoms with Crippen molar-refractivity contribution in [1.82, 2.24) is 0 Å². The Morgan fingerprint density at radius 1 is 1.31 bits per heavy atom. The molecule has 0 aliphatic heterocycles. The lowest BCUT2D eigenvalue weighted by Gasteiger charge is -2.20. The minimum Gasteiger partial charge on any atom is -0.425 e. The van der Waals surface area contributed by atoms with Gasteiger partial charge in [0.1, 0.15) is 4.77 Å². The Hall–Kier alpha value is -0.415. The van der Waals surface area contributed by atoms with Crippen LogP contribution in [0.4, 0.5) is 0 Å². The van der Waals surface area contributed by atoms with Crippen molar-refractivity contribution in [2.75, 3.05) is 0 Å². The van der Waals surface area contributed by atoms with E-state index >= 15 is 0 Å². The van der Waals surface area contributed by atoms with Gasteiger partial charge in [-0.3, -0.25) is 0 Å². The first kappa shape index (κ1) is 10.7. The van der Waals surface area contributed by atoms with E-state index in [0.717, 1.165) is 5.37 Å². The lowest BCUT2D eigenvalue weighted by atomic mass is 9.69. The van der Waals surface area contributed by atoms with E-state index in [1.54, 1.807) is 24.3 Å². The van der Waals surface area contributed by atoms with Crippen LogP contribution >= 0.6 is 23.8 Å². The second-order valence-corrected chi connectivity index (χ2v) is 3.49. The summed E-state index contributed by atoms with van der Waals surface area (Å²) in [5, 5.41) is 19.2. The highest BCUT2D eigenvalue weighted by Gasteiger charge is 2.39. The highest BCUT2D eigenvalue weighted by atomic mass is 35.5. The zero-order chi connectivity index (χ0) is 9.90. The Morgan fingerprint density at radius 3 is 2.23 bits per heavy atom. The van der Waals surface area contributed by atoms with Gasteiger partial charge in [-0.15, -0.1) is 11.6 Å². The molecule has 0 aromatic heterocycles. The summed E-state index contributed by atoms with van der Waals surface area (Å²) >= 11 is 10.6. The molecule has 0 amide bonds. The summed E-state index contributed by atoms with van der Waals surface area (Å²) in [6.07, 6.45) is 0. The van der Waals surface area contributed by atoms with Crippen LogP contribution in [0.25, 0.3) is 0 Å². The maximum atomic E-state index is 9.05. The third kappa shape index (κ3) is 2.09. The summed E-state index contributed by atoms with van der Waals surface area (Å²) in [5.41, 5.74) is 0.571. The summed E-state index contributed by atoms with van der Waals surface area (Å²) in [4.78, 5) is 0. The van der Waals surface area contributed by atoms with E-state index in [-0.39, 0.29) is 0 Å². The normalized spacial score (nSPS) is 14.7. The average Bonchev–Trinajstić information content (AvgIpc) is 2.17. The fraction of sp³-hybridized carbons (Fsp3) is 0.125. The molecular formula is C8H8BClO2S. The first-order valence-electron chi connectivity index (χ1n) is 3.68. The molecule has 0 fully saturated rings. The number of hydrogen-bond donors (Lipinski definition) is 2. The first-order chi connectivity index (χ1) is 6.11. The number of halogens is 1. The molecule has 1 unspecified atom stereocenters. The molecule has 1 atom stereocenters. The average molecular weight is 214 g/mol. The molecule has 5 heteroatoms. The fourth-order valence-electron chi connectivity index (χ4n) is 0.972. The Balaban J connectivity index is 3.10. The topological polar surface area (TPSA) is 40.5 Å². The molecule has 1 aromatic carbocycles. The molecule has 1 aromatic rings. The Kier molecular flexibility index (Phi) is 3.44. The van der Waals surface area contributed by atoms with E-state index in [2.05, 4.69) is 12.2 Å². The standard InChI is InChI=1S/C8H8BClO2S/c10-8(6-13,9(11)12)7-4-2-1-3-5-7/h1-6,11-12H. The van der Waals surface area contributed by atoms with Crippen LogP contribution in [0.3, 0.4) is 0 Å². The molecule has 1 rings (SSSR count). The van der Waals surface area contributed by atoms with Crippen LogP contribution in [0.5, 0.6) is 0 Å². The van der Waals surface area contributed by atoms with Crippen molar-refractivity contribution in [3.8, 4) is 0 Å². The van der Waals surface area contributed by atoms with E-state index in [1.807, 2.05) is 6.07 Å². The summed E-state index contributed by atoms with van der Waals surface area (Å²) in [5.74, 6) is 0. The van der Waals surface area contributed by atoms with Crippen molar-refractivity contribution < 1.29 is 10.0 Å². The number of alkyl halides is 1. The van der Waals surface area contributed by atoms with Crippen LogP contribution < -0.4 is 0 Å². The lowest BCUT2D eigenvalue weighted by Crippen LogP contribution is -2.39. The van der Waals surface area contributed by atoms with Crippen molar-refractivity contribution in [1.29, 1.82) is 0 Å². The quantitative estimate of drug-likeness (QED) is 0.450. The van der Waals surface area contributed by atoms with Gasteiger partial charge >= 0.3 is 7.12 Å². The van der Waals surface area contributed by atoms with Gasteiger partial charge in [0.25, 0.3) is 0 Å². The zero-order valence-electron chi connectivity index (χ0n) is 6.72. The second kappa shape index (κ2) is 4.20. The van der Waals surface area contributed by atoms with Crippen LogP contribution in [0, 0.1) is 0 Å². The summed E-state index contributed by atoms with van der Waals surface area (Å²) in [6.45, 7) is 0. The Labute approximate surface area is 87.3 Å². The largest absolute Gasteiger partial charge is 0.483 e. The van der Waals surface area contributed by atoms with E-state index in [9.17, 15) is 0 Å². The van der Waals surface area contributed by atoms with E-state index in [0.29, 0.717) is 5.56 Å². The monoisotopic (exact) mass is 214 g/mol. The minimum atomic E-state index is -1.70. The lowest BCUT2D eigenvalue weighted by molar-refractivity contribution is 0.394. The van der Waals surface area contributed by atoms with Crippen molar-refractivity contribution in [2.24, 2.45) is 0 Å². The first-order valence-corrected chi connectivity index (χ1v) is 4.53. The van der Waals surface area contributed by atoms with Crippen LogP contribution in [0.15, 0.2) is 30.3 Å². The molecule has 0 radical (unpaired) electrons. The molecule has 2 N–H and O–H groups in total. The van der Waals surface area contributed by atoms with Crippen molar-refractivity contribution >= 4 is 36.3 Å². The van der Waals surface area contributed by atoms with Gasteiger partial charge in [-0.05, 0) is 5.56 Å². The Bertz CT molecular complexity index is 293. The van der Waals surface area contributed by atoms with Crippen LogP contribution in [0.1, 0.15) is 5.56 Å². The molecule has 0 bridgehead atoms. The van der Waals surface area contributed by atoms with E-state index in [4.69, 9.17) is 21.6 Å². The third-order valence-electron chi connectivity index (χ3n) is 1.76. The SMILES string of the molecule is OB(O)C(Cl)(C=S)c1ccccc1. The molecule has 0 spiro atoms. The van der Waals surface area contributed by atoms with Gasteiger partial charge in [-0.25, -0.2) is 0 Å². The maximum Gasteiger partial charge on any atom is 0.483 e. The van der Waals surface area contributed by atoms with Gasteiger partial charge in [-0.2, -0.15) is 0 Å². The summed E-state index contributed by atoms with van der Waals surface area (Å²) in [6, 6.07) is 8.71. The van der Waals surface area contributed by atoms with Crippen LogP contribution in [-0.2, 0) is 4.77 Å². The molecule has 68 valence electrons. The fourth-order valence-corrected chi connectivity index (χ4v) is 1.36. The molecule has 0 aliphatic carbocycles. The van der Waals surface area contributed by atoms with Gasteiger partial charge in [-0.1, -0.05) is 42.5 Å². The van der Waals surface area contributed by atoms with Gasteiger partial charge in [0.2, 0.25) is 0 Å². The zero-order valence-corrected chi connectivity index (χ0v) is 8.29. The number of benzene rings is 1. The Morgan fingerprint density at radius 2 is 1.85 bits per heavy atom. The minimum absolute atomic E-state index is 0.571. The number of thiocarbonyl (C=S) groups is 1. The number of hydrogen-bond acceptors (Lipinski definition) is 3. The van der Waals surface area contributed by atoms with Gasteiger partial charge < -0.3 is 10.0 Å². The summed E-state index contributed by atoms with van der Waals surface area (Å²) < 4.78 is -1.39. The highest BCUT2D eigenvalue weighted by molar-refractivity contribution is 7.79. The maximum absolute atomic E-state index is 9.05. The van der Waals surface area contributed by atoms with Gasteiger partial charge in [0.15, 0.2) is 0 Å². The molecule has 0 aliphatic rings. The molecular weight excluding hydrogens is 206 g/mol. The number of rotatable bonds is 3. The smallest absolute Gasteiger partial charge is 0.425 e. The van der Waals surface area contributed by atoms with E-state index in [1.165, 1.54) is 0 Å². The van der Waals surface area contributed by atoms with Crippen molar-refractivity contribution in [3.63, 3.8) is 0 Å². The van der Waals surface area contributed by atoms with Gasteiger partial charge in [0, 0.05) is 5.37 Å². The second-order valence-electron chi connectivity index (χ2n) is 2.63. The van der Waals surface area contributed by atoms with Gasteiger partial charge in [0.05, 0.1) is 0 Å². The highest BCUT2D eigenvalue weighted by Crippen LogP contribution is 2.28. The predicted molar refractivity (Wildman–Crippen MR) is 57.8 cm³/mol. The van der Waals surface area contributed by atoms with Crippen molar-refractivity contribution in [2.45, 2.75) is 4.77 Å². The van der Waals surface area contributed by atoms with Crippen LogP contribution in [-0.4, -0.2) is 22.5 Å². The predicted octanol–water partition coefficient (Wildman–Crippen LogP) is 1.13. The van der Waals surface area contributed by atoms with Crippen LogP contribution in [0.2, 0.25) is 0 Å². The van der Waals surface area contributed by atoms with Crippen molar-refractivity contribution in [3.05, 3.63) is 35.9 Å². The van der Waals surface area contributed by atoms with E-state index < -0.39 is 11.9 Å². The third-order valence-corrected chi connectivity index (χ3v) is 2.79. The molecule has 0 heterocycles.